The molecule has 0 aliphatic carbocycles. The lowest BCUT2D eigenvalue weighted by Crippen LogP contribution is -2.30. The molecule has 0 bridgehead atoms. The number of nitrogens with one attached hydrogen (secondary N) is 2. The molecule has 18 heavy (non-hydrogen) atoms. The van der Waals surface area contributed by atoms with Gasteiger partial charge >= 0.3 is 0 Å². The van der Waals surface area contributed by atoms with Crippen molar-refractivity contribution in [3.05, 3.63) is 59.9 Å². The van der Waals surface area contributed by atoms with E-state index in [4.69, 9.17) is 0 Å². The van der Waals surface area contributed by atoms with Crippen LogP contribution in [0.5, 0.6) is 0 Å². The second kappa shape index (κ2) is 5.22. The molecule has 0 saturated heterocycles. The predicted octanol–water partition coefficient (Wildman–Crippen LogP) is 2.12. The van der Waals surface area contributed by atoms with E-state index in [0.717, 1.165) is 6.07 Å². The van der Waals surface area contributed by atoms with Crippen LogP contribution >= 0.6 is 0 Å². The molecule has 2 N–H and O–H groups in total. The summed E-state index contributed by atoms with van der Waals surface area (Å²) in [6.07, 6.45) is 0. The molecule has 0 aliphatic rings. The van der Waals surface area contributed by atoms with Gasteiger partial charge in [-0.25, -0.2) is 9.37 Å². The van der Waals surface area contributed by atoms with Gasteiger partial charge in [0.25, 0.3) is 5.91 Å². The summed E-state index contributed by atoms with van der Waals surface area (Å²) in [5.74, 6) is -1.69. The molecule has 2 rings (SSSR count). The number of halogens is 2. The van der Waals surface area contributed by atoms with Gasteiger partial charge in [-0.05, 0) is 36.4 Å². The average molecular weight is 249 g/mol. The van der Waals surface area contributed by atoms with Crippen LogP contribution in [0.15, 0.2) is 42.5 Å². The van der Waals surface area contributed by atoms with Crippen molar-refractivity contribution in [2.45, 2.75) is 0 Å². The Bertz CT molecular complexity index is 558. The standard InChI is InChI=1S/C12H9F2N3O/c13-8-4-6-9(7-5-8)16-17-12(18)10-2-1-3-11(14)15-10/h1-7,16H,(H,17,18). The maximum absolute atomic E-state index is 12.8. The lowest BCUT2D eigenvalue weighted by molar-refractivity contribution is 0.0956. The maximum atomic E-state index is 12.8. The third kappa shape index (κ3) is 3.00. The predicted molar refractivity (Wildman–Crippen MR) is 61.7 cm³/mol. The minimum atomic E-state index is -0.732. The third-order valence-electron chi connectivity index (χ3n) is 2.11. The first-order valence-corrected chi connectivity index (χ1v) is 5.09. The van der Waals surface area contributed by atoms with Gasteiger partial charge in [0, 0.05) is 0 Å². The first-order valence-electron chi connectivity index (χ1n) is 5.09. The van der Waals surface area contributed by atoms with Crippen LogP contribution in [0.2, 0.25) is 0 Å². The molecular weight excluding hydrogens is 240 g/mol. The summed E-state index contributed by atoms with van der Waals surface area (Å²) in [6, 6.07) is 9.30. The van der Waals surface area contributed by atoms with Crippen molar-refractivity contribution in [1.29, 1.82) is 0 Å². The summed E-state index contributed by atoms with van der Waals surface area (Å²) in [5.41, 5.74) is 5.33. The van der Waals surface area contributed by atoms with Gasteiger partial charge in [0.2, 0.25) is 5.95 Å². The second-order valence-corrected chi connectivity index (χ2v) is 3.43. The zero-order valence-electron chi connectivity index (χ0n) is 9.15. The number of benzene rings is 1. The molecule has 0 unspecified atom stereocenters. The molecule has 4 nitrogen and oxygen atoms in total. The van der Waals surface area contributed by atoms with E-state index in [2.05, 4.69) is 15.8 Å². The molecular formula is C12H9F2N3O. The van der Waals surface area contributed by atoms with E-state index in [9.17, 15) is 13.6 Å². The third-order valence-corrected chi connectivity index (χ3v) is 2.11. The van der Waals surface area contributed by atoms with Crippen LogP contribution in [0.25, 0.3) is 0 Å². The first kappa shape index (κ1) is 12.0. The second-order valence-electron chi connectivity index (χ2n) is 3.43. The number of rotatable bonds is 3. The van der Waals surface area contributed by atoms with E-state index in [1.54, 1.807) is 0 Å². The SMILES string of the molecule is O=C(NNc1ccc(F)cc1)c1cccc(F)n1. The molecule has 0 spiro atoms. The summed E-state index contributed by atoms with van der Waals surface area (Å²) < 4.78 is 25.4. The molecule has 1 amide bonds. The largest absolute Gasteiger partial charge is 0.298 e. The Morgan fingerprint density at radius 2 is 1.78 bits per heavy atom. The van der Waals surface area contributed by atoms with Crippen molar-refractivity contribution in [2.75, 3.05) is 5.43 Å². The summed E-state index contributed by atoms with van der Waals surface area (Å²) in [6.45, 7) is 0. The zero-order chi connectivity index (χ0) is 13.0. The molecule has 0 radical (unpaired) electrons. The Labute approximate surface area is 102 Å². The van der Waals surface area contributed by atoms with Crippen LogP contribution in [0.3, 0.4) is 0 Å². The van der Waals surface area contributed by atoms with Crippen molar-refractivity contribution in [1.82, 2.24) is 10.4 Å². The highest BCUT2D eigenvalue weighted by Gasteiger charge is 2.07. The maximum Gasteiger partial charge on any atom is 0.288 e. The zero-order valence-corrected chi connectivity index (χ0v) is 9.15. The Kier molecular flexibility index (Phi) is 3.47. The summed E-state index contributed by atoms with van der Waals surface area (Å²) in [7, 11) is 0. The fraction of sp³-hybridized carbons (Fsp3) is 0. The number of hydrogen-bond acceptors (Lipinski definition) is 3. The molecule has 0 saturated carbocycles. The normalized spacial score (nSPS) is 9.89. The smallest absolute Gasteiger partial charge is 0.288 e. The highest BCUT2D eigenvalue weighted by Crippen LogP contribution is 2.06. The number of carbonyl (C=O) groups excluding carboxylic acids is 1. The Morgan fingerprint density at radius 1 is 1.06 bits per heavy atom. The number of nitrogens with zero attached hydrogens (tertiary/aromatic N) is 1. The number of hydrazine groups is 1. The van der Waals surface area contributed by atoms with E-state index in [0.29, 0.717) is 5.69 Å². The molecule has 6 heteroatoms. The average Bonchev–Trinajstić information content (AvgIpc) is 2.38. The van der Waals surface area contributed by atoms with Crippen LogP contribution in [0, 0.1) is 11.8 Å². The monoisotopic (exact) mass is 249 g/mol. The molecule has 2 aromatic rings. The quantitative estimate of drug-likeness (QED) is 0.647. The fourth-order valence-electron chi connectivity index (χ4n) is 1.26. The number of anilines is 1. The molecule has 1 aromatic carbocycles. The van der Waals surface area contributed by atoms with E-state index < -0.39 is 11.9 Å². The van der Waals surface area contributed by atoms with Crippen molar-refractivity contribution < 1.29 is 13.6 Å². The van der Waals surface area contributed by atoms with Crippen molar-refractivity contribution in [3.63, 3.8) is 0 Å². The van der Waals surface area contributed by atoms with Gasteiger partial charge in [-0.1, -0.05) is 6.07 Å². The molecule has 1 heterocycles. The van der Waals surface area contributed by atoms with Crippen LogP contribution in [-0.4, -0.2) is 10.9 Å². The molecule has 92 valence electrons. The van der Waals surface area contributed by atoms with Crippen molar-refractivity contribution >= 4 is 11.6 Å². The van der Waals surface area contributed by atoms with E-state index in [-0.39, 0.29) is 11.5 Å². The Morgan fingerprint density at radius 3 is 2.44 bits per heavy atom. The van der Waals surface area contributed by atoms with Gasteiger partial charge in [0.05, 0.1) is 5.69 Å². The fourth-order valence-corrected chi connectivity index (χ4v) is 1.26. The van der Waals surface area contributed by atoms with Crippen LogP contribution in [-0.2, 0) is 0 Å². The summed E-state index contributed by atoms with van der Waals surface area (Å²) in [5, 5.41) is 0. The number of hydrogen-bond donors (Lipinski definition) is 2. The molecule has 0 aliphatic heterocycles. The Balaban J connectivity index is 1.98. The number of pyridine rings is 1. The highest BCUT2D eigenvalue weighted by molar-refractivity contribution is 5.92. The molecule has 1 aromatic heterocycles. The summed E-state index contributed by atoms with van der Waals surface area (Å²) in [4.78, 5) is 15.0. The Hall–Kier alpha value is -2.50. The summed E-state index contributed by atoms with van der Waals surface area (Å²) >= 11 is 0. The van der Waals surface area contributed by atoms with Gasteiger partial charge in [0.15, 0.2) is 0 Å². The van der Waals surface area contributed by atoms with Crippen LogP contribution < -0.4 is 10.9 Å². The lowest BCUT2D eigenvalue weighted by Gasteiger charge is -2.07. The molecule has 0 atom stereocenters. The first-order chi connectivity index (χ1) is 8.65. The van der Waals surface area contributed by atoms with Gasteiger partial charge in [-0.3, -0.25) is 15.6 Å². The topological polar surface area (TPSA) is 54.0 Å². The number of aromatic nitrogens is 1. The minimum Gasteiger partial charge on any atom is -0.298 e. The van der Waals surface area contributed by atoms with Crippen molar-refractivity contribution in [3.8, 4) is 0 Å². The van der Waals surface area contributed by atoms with Crippen LogP contribution in [0.1, 0.15) is 10.5 Å². The van der Waals surface area contributed by atoms with E-state index in [1.165, 1.54) is 36.4 Å². The van der Waals surface area contributed by atoms with Gasteiger partial charge in [0.1, 0.15) is 11.5 Å². The minimum absolute atomic E-state index is 0.0513. The van der Waals surface area contributed by atoms with Crippen LogP contribution in [0.4, 0.5) is 14.5 Å². The van der Waals surface area contributed by atoms with E-state index >= 15 is 0 Å². The van der Waals surface area contributed by atoms with Gasteiger partial charge in [-0.15, -0.1) is 0 Å². The molecule has 0 fully saturated rings. The highest BCUT2D eigenvalue weighted by atomic mass is 19.1. The van der Waals surface area contributed by atoms with E-state index in [1.807, 2.05) is 0 Å². The van der Waals surface area contributed by atoms with Gasteiger partial charge in [-0.2, -0.15) is 4.39 Å². The van der Waals surface area contributed by atoms with Gasteiger partial charge < -0.3 is 0 Å². The lowest BCUT2D eigenvalue weighted by atomic mass is 10.3. The van der Waals surface area contributed by atoms with Crippen molar-refractivity contribution in [2.24, 2.45) is 0 Å². The number of amides is 1. The number of carbonyl (C=O) groups is 1.